The molecule has 5 N–H and O–H groups in total. The van der Waals surface area contributed by atoms with Crippen molar-refractivity contribution in [2.45, 2.75) is 129 Å². The van der Waals surface area contributed by atoms with Crippen molar-refractivity contribution in [2.24, 2.45) is 5.92 Å². The second-order valence-electron chi connectivity index (χ2n) is 12.0. The highest BCUT2D eigenvalue weighted by Gasteiger charge is 2.38. The fourth-order valence-electron chi connectivity index (χ4n) is 5.08. The number of hydrogen-bond acceptors (Lipinski definition) is 9. The molecule has 0 radical (unpaired) electrons. The van der Waals surface area contributed by atoms with Gasteiger partial charge in [0.05, 0.1) is 35.1 Å². The first-order valence-electron chi connectivity index (χ1n) is 15.8. The zero-order valence-corrected chi connectivity index (χ0v) is 27.9. The molecule has 2 rings (SSSR count). The number of aromatic nitrogens is 1. The van der Waals surface area contributed by atoms with Gasteiger partial charge in [-0.1, -0.05) is 82.1 Å². The Labute approximate surface area is 267 Å². The Bertz CT molecular complexity index is 1180. The van der Waals surface area contributed by atoms with Gasteiger partial charge in [0, 0.05) is 29.2 Å². The number of unbranched alkanes of at least 4 members (excludes halogenated alkanes) is 3. The minimum absolute atomic E-state index is 0.0473. The van der Waals surface area contributed by atoms with Crippen molar-refractivity contribution >= 4 is 23.4 Å². The Hall–Kier alpha value is -2.40. The van der Waals surface area contributed by atoms with Crippen molar-refractivity contribution in [1.29, 1.82) is 0 Å². The van der Waals surface area contributed by atoms with Gasteiger partial charge in [0.25, 0.3) is 0 Å². The first kappa shape index (κ1) is 37.8. The van der Waals surface area contributed by atoms with Gasteiger partial charge in [-0.15, -0.1) is 11.3 Å². The van der Waals surface area contributed by atoms with Gasteiger partial charge >= 0.3 is 5.97 Å². The molecule has 246 valence electrons. The van der Waals surface area contributed by atoms with Crippen molar-refractivity contribution in [1.82, 2.24) is 4.98 Å². The van der Waals surface area contributed by atoms with Gasteiger partial charge in [-0.25, -0.2) is 9.78 Å². The van der Waals surface area contributed by atoms with Crippen LogP contribution in [-0.2, 0) is 9.53 Å². The Kier molecular flexibility index (Phi) is 16.5. The van der Waals surface area contributed by atoms with Crippen LogP contribution in [0.4, 0.5) is 0 Å². The van der Waals surface area contributed by atoms with Crippen molar-refractivity contribution < 1.29 is 35.1 Å². The summed E-state index contributed by atoms with van der Waals surface area (Å²) in [5.41, 5.74) is 2.54. The first-order chi connectivity index (χ1) is 20.9. The number of aliphatic hydroxyl groups excluding tert-OH is 5. The van der Waals surface area contributed by atoms with E-state index < -0.39 is 48.5 Å². The lowest BCUT2D eigenvalue weighted by Gasteiger charge is -2.34. The number of esters is 1. The Morgan fingerprint density at radius 3 is 2.55 bits per heavy atom. The number of carbonyl (C=O) groups is 1. The third-order valence-electron chi connectivity index (χ3n) is 8.20. The van der Waals surface area contributed by atoms with Gasteiger partial charge in [0.2, 0.25) is 0 Å². The van der Waals surface area contributed by atoms with Crippen LogP contribution in [0.1, 0.15) is 103 Å². The summed E-state index contributed by atoms with van der Waals surface area (Å²) < 4.78 is 5.98. The number of allylic oxidation sites excluding steroid dienone is 5. The molecule has 44 heavy (non-hydrogen) atoms. The molecular formula is C35H53NO7S. The molecule has 1 aliphatic heterocycles. The fourth-order valence-corrected chi connectivity index (χ4v) is 5.97. The summed E-state index contributed by atoms with van der Waals surface area (Å²) in [5.74, 6) is -1.71. The average Bonchev–Trinajstić information content (AvgIpc) is 3.47. The van der Waals surface area contributed by atoms with E-state index in [4.69, 9.17) is 4.74 Å². The molecule has 0 spiro atoms. The van der Waals surface area contributed by atoms with E-state index in [0.29, 0.717) is 28.3 Å². The van der Waals surface area contributed by atoms with Gasteiger partial charge in [0.1, 0.15) is 12.2 Å². The van der Waals surface area contributed by atoms with Crippen LogP contribution in [0.3, 0.4) is 0 Å². The quantitative estimate of drug-likeness (QED) is 0.131. The number of aliphatic hydroxyl groups is 5. The first-order valence-corrected chi connectivity index (χ1v) is 16.7. The number of cyclic esters (lactones) is 1. The second-order valence-corrected chi connectivity index (χ2v) is 12.8. The minimum atomic E-state index is -1.48. The third-order valence-corrected chi connectivity index (χ3v) is 9.26. The molecule has 2 heterocycles. The van der Waals surface area contributed by atoms with Crippen LogP contribution in [0, 0.1) is 5.92 Å². The van der Waals surface area contributed by atoms with Crippen LogP contribution in [0.25, 0.3) is 6.08 Å². The molecule has 0 amide bonds. The lowest BCUT2D eigenvalue weighted by Crippen LogP contribution is -2.47. The van der Waals surface area contributed by atoms with Gasteiger partial charge < -0.3 is 30.3 Å². The molecule has 2 bridgehead atoms. The predicted octanol–water partition coefficient (Wildman–Crippen LogP) is 5.77. The minimum Gasteiger partial charge on any atom is -0.456 e. The van der Waals surface area contributed by atoms with Gasteiger partial charge in [-0.3, -0.25) is 0 Å². The molecule has 9 heteroatoms. The Morgan fingerprint density at radius 2 is 1.86 bits per heavy atom. The van der Waals surface area contributed by atoms with E-state index in [-0.39, 0.29) is 18.8 Å². The molecule has 0 aliphatic carbocycles. The molecule has 0 fully saturated rings. The van der Waals surface area contributed by atoms with Crippen molar-refractivity contribution in [2.75, 3.05) is 0 Å². The van der Waals surface area contributed by atoms with Crippen LogP contribution in [0.15, 0.2) is 58.6 Å². The molecule has 1 aliphatic rings. The number of rotatable bonds is 9. The van der Waals surface area contributed by atoms with E-state index >= 15 is 0 Å². The molecule has 8 nitrogen and oxygen atoms in total. The standard InChI is InChI=1S/C35H53NO7S/c1-7-9-10-12-15-26-19-27-21-44-34(36-27)24(5)30(39)20-28(37)16-13-11-14-17-29(38)32(41)33(43-35(26)42)25(6)31(40)23(4)18-22(3)8-2/h8,11,13-14,16,18-19,21,24-25,28-33,37-41H,7,9-10,12,15,17,20H2,1-6H3/b14-11-,16-13+,22-8+,23-18+,26-19+/t24-,25+,28-,29+,30+,31-,32-,33-/m1/s1. The number of thiazole rings is 1. The van der Waals surface area contributed by atoms with Crippen LogP contribution in [-0.4, -0.2) is 73.1 Å². The van der Waals surface area contributed by atoms with E-state index in [2.05, 4.69) is 11.9 Å². The predicted molar refractivity (Wildman–Crippen MR) is 177 cm³/mol. The van der Waals surface area contributed by atoms with E-state index in [1.165, 1.54) is 11.3 Å². The van der Waals surface area contributed by atoms with E-state index in [0.717, 1.165) is 31.3 Å². The molecule has 0 saturated heterocycles. The number of carbonyl (C=O) groups excluding carboxylic acids is 1. The lowest BCUT2D eigenvalue weighted by atomic mass is 9.87. The van der Waals surface area contributed by atoms with Crippen LogP contribution >= 0.6 is 11.3 Å². The summed E-state index contributed by atoms with van der Waals surface area (Å²) in [5, 5.41) is 57.1. The summed E-state index contributed by atoms with van der Waals surface area (Å²) in [7, 11) is 0. The van der Waals surface area contributed by atoms with Crippen LogP contribution < -0.4 is 0 Å². The van der Waals surface area contributed by atoms with Crippen LogP contribution in [0.2, 0.25) is 0 Å². The number of fused-ring (bicyclic) bond motifs is 2. The zero-order valence-electron chi connectivity index (χ0n) is 27.1. The molecule has 0 aromatic carbocycles. The maximum Gasteiger partial charge on any atom is 0.334 e. The smallest absolute Gasteiger partial charge is 0.334 e. The normalized spacial score (nSPS) is 30.6. The topological polar surface area (TPSA) is 140 Å². The fraction of sp³-hybridized carbons (Fsp3) is 0.600. The maximum atomic E-state index is 13.8. The highest BCUT2D eigenvalue weighted by Crippen LogP contribution is 2.29. The molecule has 0 unspecified atom stereocenters. The number of nitrogens with zero attached hydrogens (tertiary/aromatic N) is 1. The summed E-state index contributed by atoms with van der Waals surface area (Å²) in [6.45, 7) is 11.3. The largest absolute Gasteiger partial charge is 0.456 e. The number of ether oxygens (including phenoxy) is 1. The van der Waals surface area contributed by atoms with E-state index in [1.54, 1.807) is 44.2 Å². The summed E-state index contributed by atoms with van der Waals surface area (Å²) in [6.07, 6.45) is 9.51. The maximum absolute atomic E-state index is 13.8. The van der Waals surface area contributed by atoms with Crippen molar-refractivity contribution in [3.8, 4) is 0 Å². The molecule has 1 aromatic heterocycles. The molecular weight excluding hydrogens is 578 g/mol. The highest BCUT2D eigenvalue weighted by molar-refractivity contribution is 7.09. The molecule has 1 aromatic rings. The van der Waals surface area contributed by atoms with Crippen molar-refractivity contribution in [3.63, 3.8) is 0 Å². The SMILES string of the molecule is C/C=C(C)/C=C(\C)[C@@H](O)[C@H](C)[C@H]1OC(=O)/C(CCCCCC)=C/c2csc(n2)[C@H](C)[C@@H](O)C[C@H](O)/C=C/C=C\C[C@H](O)[C@H]1O. The van der Waals surface area contributed by atoms with Gasteiger partial charge in [-0.05, 0) is 51.7 Å². The second kappa shape index (κ2) is 19.2. The van der Waals surface area contributed by atoms with Gasteiger partial charge in [-0.2, -0.15) is 0 Å². The summed E-state index contributed by atoms with van der Waals surface area (Å²) in [6, 6.07) is 0. The van der Waals surface area contributed by atoms with E-state index in [1.807, 2.05) is 38.3 Å². The Morgan fingerprint density at radius 1 is 1.14 bits per heavy atom. The van der Waals surface area contributed by atoms with Crippen molar-refractivity contribution in [3.05, 3.63) is 69.3 Å². The monoisotopic (exact) mass is 631 g/mol. The summed E-state index contributed by atoms with van der Waals surface area (Å²) >= 11 is 1.37. The molecule has 0 saturated carbocycles. The van der Waals surface area contributed by atoms with Gasteiger partial charge in [0.15, 0.2) is 0 Å². The van der Waals surface area contributed by atoms with Crippen LogP contribution in [0.5, 0.6) is 0 Å². The lowest BCUT2D eigenvalue weighted by molar-refractivity contribution is -0.164. The molecule has 8 atom stereocenters. The van der Waals surface area contributed by atoms with E-state index in [9.17, 15) is 30.3 Å². The third kappa shape index (κ3) is 11.8. The average molecular weight is 632 g/mol. The number of hydrogen-bond donors (Lipinski definition) is 5. The summed E-state index contributed by atoms with van der Waals surface area (Å²) in [4.78, 5) is 18.4. The Balaban J connectivity index is 2.55. The zero-order chi connectivity index (χ0) is 32.8. The highest BCUT2D eigenvalue weighted by atomic mass is 32.1.